The lowest BCUT2D eigenvalue weighted by molar-refractivity contribution is 0.165. The van der Waals surface area contributed by atoms with Crippen molar-refractivity contribution in [3.05, 3.63) is 21.9 Å². The third-order valence-corrected chi connectivity index (χ3v) is 5.08. The number of rotatable bonds is 6. The van der Waals surface area contributed by atoms with E-state index in [1.54, 1.807) is 0 Å². The summed E-state index contributed by atoms with van der Waals surface area (Å²) in [7, 11) is 0. The number of nitrogens with zero attached hydrogens (tertiary/aromatic N) is 1. The normalized spacial score (nSPS) is 21.2. The number of thiophene rings is 1. The highest BCUT2D eigenvalue weighted by atomic mass is 32.1. The van der Waals surface area contributed by atoms with Gasteiger partial charge in [0.05, 0.1) is 0 Å². The molecule has 2 rings (SSSR count). The van der Waals surface area contributed by atoms with Gasteiger partial charge in [-0.15, -0.1) is 11.3 Å². The number of aryl methyl sites for hydroxylation is 1. The summed E-state index contributed by atoms with van der Waals surface area (Å²) in [5.74, 6) is 0.835. The van der Waals surface area contributed by atoms with E-state index in [1.165, 1.54) is 48.7 Å². The van der Waals surface area contributed by atoms with E-state index in [-0.39, 0.29) is 0 Å². The standard InChI is InChI=1S/C16H28N2S/c1-4-15-7-8-16(19-15)12-18-9-5-6-14(11-18)10-17-13(2)3/h7-8,13-14,17H,4-6,9-12H2,1-3H3. The highest BCUT2D eigenvalue weighted by Crippen LogP contribution is 2.22. The van der Waals surface area contributed by atoms with Crippen LogP contribution in [0.15, 0.2) is 12.1 Å². The SMILES string of the molecule is CCc1ccc(CN2CCCC(CNC(C)C)C2)s1. The van der Waals surface area contributed by atoms with Crippen molar-refractivity contribution in [3.63, 3.8) is 0 Å². The summed E-state index contributed by atoms with van der Waals surface area (Å²) in [5.41, 5.74) is 0. The molecule has 0 spiro atoms. The number of hydrogen-bond acceptors (Lipinski definition) is 3. The van der Waals surface area contributed by atoms with Gasteiger partial charge >= 0.3 is 0 Å². The van der Waals surface area contributed by atoms with Gasteiger partial charge in [0.25, 0.3) is 0 Å². The summed E-state index contributed by atoms with van der Waals surface area (Å²) < 4.78 is 0. The molecule has 1 N–H and O–H groups in total. The molecule has 0 aromatic carbocycles. The molecule has 2 heterocycles. The maximum Gasteiger partial charge on any atom is 0.0328 e. The average Bonchev–Trinajstić information content (AvgIpc) is 2.84. The van der Waals surface area contributed by atoms with Gasteiger partial charge in [-0.05, 0) is 50.4 Å². The van der Waals surface area contributed by atoms with Crippen LogP contribution >= 0.6 is 11.3 Å². The highest BCUT2D eigenvalue weighted by molar-refractivity contribution is 7.11. The molecule has 1 aliphatic heterocycles. The number of likely N-dealkylation sites (tertiary alicyclic amines) is 1. The first-order chi connectivity index (χ1) is 9.17. The van der Waals surface area contributed by atoms with Gasteiger partial charge in [-0.1, -0.05) is 20.8 Å². The van der Waals surface area contributed by atoms with Gasteiger partial charge in [-0.3, -0.25) is 4.90 Å². The Morgan fingerprint density at radius 1 is 1.37 bits per heavy atom. The maximum absolute atomic E-state index is 3.59. The van der Waals surface area contributed by atoms with Crippen LogP contribution in [-0.4, -0.2) is 30.6 Å². The monoisotopic (exact) mass is 280 g/mol. The van der Waals surface area contributed by atoms with Crippen LogP contribution in [0.2, 0.25) is 0 Å². The Bertz CT molecular complexity index is 373. The first kappa shape index (κ1) is 15.0. The second kappa shape index (κ2) is 7.41. The molecule has 0 saturated carbocycles. The predicted octanol–water partition coefficient (Wildman–Crippen LogP) is 3.52. The first-order valence-corrected chi connectivity index (χ1v) is 8.52. The average molecular weight is 280 g/mol. The fraction of sp³-hybridized carbons (Fsp3) is 0.750. The molecule has 3 heteroatoms. The van der Waals surface area contributed by atoms with Gasteiger partial charge in [-0.25, -0.2) is 0 Å². The summed E-state index contributed by atoms with van der Waals surface area (Å²) in [4.78, 5) is 5.70. The summed E-state index contributed by atoms with van der Waals surface area (Å²) in [6, 6.07) is 5.22. The molecule has 1 aromatic rings. The van der Waals surface area contributed by atoms with Crippen molar-refractivity contribution in [2.75, 3.05) is 19.6 Å². The third kappa shape index (κ3) is 4.90. The summed E-state index contributed by atoms with van der Waals surface area (Å²) in [6.45, 7) is 11.6. The molecule has 2 nitrogen and oxygen atoms in total. The Labute approximate surface area is 122 Å². The van der Waals surface area contributed by atoms with Crippen LogP contribution in [0, 0.1) is 5.92 Å². The van der Waals surface area contributed by atoms with E-state index >= 15 is 0 Å². The lowest BCUT2D eigenvalue weighted by Crippen LogP contribution is -2.40. The predicted molar refractivity (Wildman–Crippen MR) is 84.8 cm³/mol. The molecular weight excluding hydrogens is 252 g/mol. The molecule has 0 aliphatic carbocycles. The zero-order chi connectivity index (χ0) is 13.7. The zero-order valence-electron chi connectivity index (χ0n) is 12.6. The van der Waals surface area contributed by atoms with E-state index in [2.05, 4.69) is 43.1 Å². The molecule has 1 aromatic heterocycles. The van der Waals surface area contributed by atoms with E-state index in [9.17, 15) is 0 Å². The van der Waals surface area contributed by atoms with Gasteiger partial charge in [0.1, 0.15) is 0 Å². The molecule has 1 atom stereocenters. The Kier molecular flexibility index (Phi) is 5.86. The molecule has 19 heavy (non-hydrogen) atoms. The highest BCUT2D eigenvalue weighted by Gasteiger charge is 2.20. The van der Waals surface area contributed by atoms with Crippen molar-refractivity contribution >= 4 is 11.3 Å². The van der Waals surface area contributed by atoms with Crippen molar-refractivity contribution in [3.8, 4) is 0 Å². The quantitative estimate of drug-likeness (QED) is 0.857. The van der Waals surface area contributed by atoms with Crippen molar-refractivity contribution in [2.24, 2.45) is 5.92 Å². The van der Waals surface area contributed by atoms with Gasteiger partial charge in [0.2, 0.25) is 0 Å². The van der Waals surface area contributed by atoms with Crippen molar-refractivity contribution < 1.29 is 0 Å². The van der Waals surface area contributed by atoms with Crippen molar-refractivity contribution in [1.82, 2.24) is 10.2 Å². The largest absolute Gasteiger partial charge is 0.314 e. The van der Waals surface area contributed by atoms with Crippen LogP contribution in [0.5, 0.6) is 0 Å². The van der Waals surface area contributed by atoms with E-state index in [0.29, 0.717) is 6.04 Å². The van der Waals surface area contributed by atoms with Gasteiger partial charge in [0.15, 0.2) is 0 Å². The molecule has 1 fully saturated rings. The van der Waals surface area contributed by atoms with E-state index in [1.807, 2.05) is 11.3 Å². The number of piperidine rings is 1. The second-order valence-electron chi connectivity index (χ2n) is 6.03. The van der Waals surface area contributed by atoms with Crippen molar-refractivity contribution in [2.45, 2.75) is 52.6 Å². The fourth-order valence-corrected chi connectivity index (χ4v) is 3.78. The number of nitrogens with one attached hydrogen (secondary N) is 1. The first-order valence-electron chi connectivity index (χ1n) is 7.70. The van der Waals surface area contributed by atoms with Crippen LogP contribution in [0.3, 0.4) is 0 Å². The summed E-state index contributed by atoms with van der Waals surface area (Å²) in [5, 5.41) is 3.59. The second-order valence-corrected chi connectivity index (χ2v) is 7.28. The van der Waals surface area contributed by atoms with Gasteiger partial charge in [0, 0.05) is 28.9 Å². The zero-order valence-corrected chi connectivity index (χ0v) is 13.4. The topological polar surface area (TPSA) is 15.3 Å². The Morgan fingerprint density at radius 3 is 2.84 bits per heavy atom. The molecule has 0 radical (unpaired) electrons. The number of hydrogen-bond donors (Lipinski definition) is 1. The smallest absolute Gasteiger partial charge is 0.0328 e. The molecule has 0 bridgehead atoms. The van der Waals surface area contributed by atoms with Crippen LogP contribution in [0.4, 0.5) is 0 Å². The van der Waals surface area contributed by atoms with Gasteiger partial charge < -0.3 is 5.32 Å². The minimum Gasteiger partial charge on any atom is -0.314 e. The molecule has 1 aliphatic rings. The maximum atomic E-state index is 3.59. The van der Waals surface area contributed by atoms with Crippen LogP contribution in [-0.2, 0) is 13.0 Å². The Morgan fingerprint density at radius 2 is 2.16 bits per heavy atom. The summed E-state index contributed by atoms with van der Waals surface area (Å²) in [6.07, 6.45) is 3.92. The minimum atomic E-state index is 0.611. The van der Waals surface area contributed by atoms with Crippen LogP contribution in [0.25, 0.3) is 0 Å². The lowest BCUT2D eigenvalue weighted by Gasteiger charge is -2.33. The van der Waals surface area contributed by atoms with Crippen LogP contribution in [0.1, 0.15) is 43.4 Å². The Balaban J connectivity index is 1.80. The molecule has 0 amide bonds. The minimum absolute atomic E-state index is 0.611. The molecular formula is C16H28N2S. The fourth-order valence-electron chi connectivity index (χ4n) is 2.78. The Hall–Kier alpha value is -0.380. The van der Waals surface area contributed by atoms with E-state index < -0.39 is 0 Å². The van der Waals surface area contributed by atoms with E-state index in [0.717, 1.165) is 12.5 Å². The van der Waals surface area contributed by atoms with Gasteiger partial charge in [-0.2, -0.15) is 0 Å². The molecule has 108 valence electrons. The lowest BCUT2D eigenvalue weighted by atomic mass is 9.97. The van der Waals surface area contributed by atoms with E-state index in [4.69, 9.17) is 0 Å². The third-order valence-electron chi connectivity index (χ3n) is 3.86. The molecule has 1 unspecified atom stereocenters. The van der Waals surface area contributed by atoms with Crippen molar-refractivity contribution in [1.29, 1.82) is 0 Å². The van der Waals surface area contributed by atoms with Crippen LogP contribution < -0.4 is 5.32 Å². The molecule has 1 saturated heterocycles. The summed E-state index contributed by atoms with van der Waals surface area (Å²) >= 11 is 1.99.